The van der Waals surface area contributed by atoms with Crippen molar-refractivity contribution in [1.82, 2.24) is 29.9 Å². The van der Waals surface area contributed by atoms with Gasteiger partial charge >= 0.3 is 0 Å². The third-order valence-corrected chi connectivity index (χ3v) is 21.5. The highest BCUT2D eigenvalue weighted by Gasteiger charge is 2.22. The van der Waals surface area contributed by atoms with Crippen LogP contribution in [0.3, 0.4) is 0 Å². The number of rotatable bonds is 11. The Morgan fingerprint density at radius 1 is 0.190 bits per heavy atom. The van der Waals surface area contributed by atoms with Gasteiger partial charge in [0, 0.05) is 101 Å². The van der Waals surface area contributed by atoms with Crippen LogP contribution < -0.4 is 0 Å². The summed E-state index contributed by atoms with van der Waals surface area (Å²) in [5, 5.41) is 9.15. The van der Waals surface area contributed by atoms with Gasteiger partial charge in [-0.1, -0.05) is 224 Å². The molecule has 0 radical (unpaired) electrons. The predicted molar refractivity (Wildman–Crippen MR) is 413 cm³/mol. The SMILES string of the molecule is c1ccc(-c2nc(-c3ccccc3)nc(-c3ccc4c(c3)oc3ccc(-c5cc(-c6ccc(-c7cccc(-c8nc(-c9ccccc9)nc(-c9ccc%10c(c9)oc9ccc(-c%11cc(-c%12ccccc%12)c%12sc%13ccccc%13c%12c%11)cc9%10)n8)c7)cc6)c6c(c5)sc5ccccc56)cc34)n2)cc1. The molecule has 0 spiro atoms. The standard InChI is InChI=1S/C90H52N6O2S2/c1-5-18-54(19-6-1)72-48-65(49-75-69-28-13-15-30-80(69)100-84(72)75)60-38-42-76-73(45-60)67-41-37-64(51-79(67)97-76)90-95-87(58-24-11-4-12-25-58)92-88(96-90)62-27-17-26-59(44-62)53-32-34-55(35-33-53)71-47-66(52-82-83(71)70-29-14-16-31-81(70)99-82)61-39-43-77-74(46-61)68-40-36-63(50-78(68)98-77)89-93-85(56-20-7-2-8-21-56)91-86(94-89)57-22-9-3-10-23-57/h1-52H. The molecular formula is C90H52N6O2S2. The highest BCUT2D eigenvalue weighted by atomic mass is 32.1. The largest absolute Gasteiger partial charge is 0.456 e. The minimum Gasteiger partial charge on any atom is -0.456 e. The van der Waals surface area contributed by atoms with Crippen LogP contribution in [-0.2, 0) is 0 Å². The maximum Gasteiger partial charge on any atom is 0.164 e. The first kappa shape index (κ1) is 57.4. The first-order valence-electron chi connectivity index (χ1n) is 33.3. The Morgan fingerprint density at radius 3 is 1.12 bits per heavy atom. The monoisotopic (exact) mass is 1310 g/mol. The highest BCUT2D eigenvalue weighted by Crippen LogP contribution is 2.47. The molecule has 0 saturated carbocycles. The zero-order valence-corrected chi connectivity index (χ0v) is 55.0. The summed E-state index contributed by atoms with van der Waals surface area (Å²) in [6.45, 7) is 0. The summed E-state index contributed by atoms with van der Waals surface area (Å²) in [6, 6.07) is 111. The molecule has 10 heteroatoms. The minimum atomic E-state index is 0.556. The molecule has 0 unspecified atom stereocenters. The molecule has 0 fully saturated rings. The third-order valence-electron chi connectivity index (χ3n) is 19.2. The predicted octanol–water partition coefficient (Wildman–Crippen LogP) is 24.9. The fraction of sp³-hybridized carbons (Fsp3) is 0. The Hall–Kier alpha value is -12.9. The van der Waals surface area contributed by atoms with E-state index in [2.05, 4.69) is 224 Å². The molecule has 20 aromatic rings. The molecular weight excluding hydrogens is 1260 g/mol. The van der Waals surface area contributed by atoms with Gasteiger partial charge in [-0.15, -0.1) is 22.7 Å². The summed E-state index contributed by atoms with van der Waals surface area (Å²) < 4.78 is 18.4. The minimum absolute atomic E-state index is 0.556. The van der Waals surface area contributed by atoms with Crippen molar-refractivity contribution in [3.05, 3.63) is 315 Å². The molecule has 0 bridgehead atoms. The zero-order chi connectivity index (χ0) is 65.8. The molecule has 14 aromatic carbocycles. The van der Waals surface area contributed by atoms with Crippen LogP contribution in [0, 0.1) is 0 Å². The van der Waals surface area contributed by atoms with Crippen LogP contribution >= 0.6 is 22.7 Å². The molecule has 100 heavy (non-hydrogen) atoms. The summed E-state index contributed by atoms with van der Waals surface area (Å²) in [6.07, 6.45) is 0. The average molecular weight is 1310 g/mol. The van der Waals surface area contributed by atoms with Gasteiger partial charge in [-0.05, 0) is 141 Å². The smallest absolute Gasteiger partial charge is 0.164 e. The highest BCUT2D eigenvalue weighted by molar-refractivity contribution is 7.26. The lowest BCUT2D eigenvalue weighted by Gasteiger charge is -2.12. The van der Waals surface area contributed by atoms with E-state index < -0.39 is 0 Å². The Bertz CT molecular complexity index is 6590. The molecule has 8 nitrogen and oxygen atoms in total. The van der Waals surface area contributed by atoms with E-state index in [9.17, 15) is 0 Å². The molecule has 0 aliphatic carbocycles. The van der Waals surface area contributed by atoms with E-state index in [1.54, 1.807) is 0 Å². The lowest BCUT2D eigenvalue weighted by atomic mass is 9.93. The molecule has 0 aliphatic rings. The Balaban J connectivity index is 0.628. The number of aromatic nitrogens is 6. The molecule has 0 atom stereocenters. The lowest BCUT2D eigenvalue weighted by Crippen LogP contribution is -2.00. The van der Waals surface area contributed by atoms with E-state index >= 15 is 0 Å². The van der Waals surface area contributed by atoms with Crippen molar-refractivity contribution in [2.45, 2.75) is 0 Å². The van der Waals surface area contributed by atoms with Gasteiger partial charge in [0.05, 0.1) is 0 Å². The Kier molecular flexibility index (Phi) is 13.5. The second-order valence-electron chi connectivity index (χ2n) is 25.3. The van der Waals surface area contributed by atoms with Crippen molar-refractivity contribution in [3.8, 4) is 124 Å². The number of benzene rings is 14. The van der Waals surface area contributed by atoms with Gasteiger partial charge in [0.2, 0.25) is 0 Å². The van der Waals surface area contributed by atoms with E-state index in [0.717, 1.165) is 116 Å². The number of thiophene rings is 2. The first-order chi connectivity index (χ1) is 49.5. The molecule has 0 N–H and O–H groups in total. The summed E-state index contributed by atoms with van der Waals surface area (Å²) in [7, 11) is 0. The molecule has 20 rings (SSSR count). The average Bonchev–Trinajstić information content (AvgIpc) is 1.56. The molecule has 6 aromatic heterocycles. The van der Waals surface area contributed by atoms with Crippen molar-refractivity contribution in [2.75, 3.05) is 0 Å². The number of hydrogen-bond donors (Lipinski definition) is 0. The fourth-order valence-corrected chi connectivity index (χ4v) is 16.6. The van der Waals surface area contributed by atoms with Crippen LogP contribution in [0.25, 0.3) is 208 Å². The summed E-state index contributed by atoms with van der Waals surface area (Å²) in [5.41, 5.74) is 19.8. The van der Waals surface area contributed by atoms with Crippen LogP contribution in [0.15, 0.2) is 324 Å². The topological polar surface area (TPSA) is 104 Å². The lowest BCUT2D eigenvalue weighted by molar-refractivity contribution is 0.668. The summed E-state index contributed by atoms with van der Waals surface area (Å²) in [5.74, 6) is 3.52. The van der Waals surface area contributed by atoms with Gasteiger partial charge in [0.25, 0.3) is 0 Å². The van der Waals surface area contributed by atoms with Crippen LogP contribution in [0.4, 0.5) is 0 Å². The van der Waals surface area contributed by atoms with E-state index in [4.69, 9.17) is 38.7 Å². The quantitative estimate of drug-likeness (QED) is 0.126. The maximum atomic E-state index is 6.69. The Morgan fingerprint density at radius 2 is 0.570 bits per heavy atom. The first-order valence-corrected chi connectivity index (χ1v) is 34.9. The second-order valence-corrected chi connectivity index (χ2v) is 27.4. The van der Waals surface area contributed by atoms with Gasteiger partial charge in [-0.3, -0.25) is 0 Å². The van der Waals surface area contributed by atoms with Crippen molar-refractivity contribution in [2.24, 2.45) is 0 Å². The molecule has 0 saturated heterocycles. The Labute approximate surface area is 581 Å². The zero-order valence-electron chi connectivity index (χ0n) is 53.3. The van der Waals surface area contributed by atoms with Gasteiger partial charge in [0.15, 0.2) is 34.9 Å². The van der Waals surface area contributed by atoms with E-state index in [1.807, 2.05) is 114 Å². The van der Waals surface area contributed by atoms with Crippen molar-refractivity contribution in [1.29, 1.82) is 0 Å². The third kappa shape index (κ3) is 10.0. The molecule has 466 valence electrons. The van der Waals surface area contributed by atoms with E-state index in [1.165, 1.54) is 57.0 Å². The molecule has 0 amide bonds. The van der Waals surface area contributed by atoms with Crippen LogP contribution in [0.5, 0.6) is 0 Å². The number of furan rings is 2. The van der Waals surface area contributed by atoms with Crippen molar-refractivity contribution >= 4 is 107 Å². The van der Waals surface area contributed by atoms with Crippen molar-refractivity contribution < 1.29 is 8.83 Å². The summed E-state index contributed by atoms with van der Waals surface area (Å²) >= 11 is 3.69. The molecule has 0 aliphatic heterocycles. The number of hydrogen-bond acceptors (Lipinski definition) is 10. The van der Waals surface area contributed by atoms with E-state index in [0.29, 0.717) is 34.9 Å². The van der Waals surface area contributed by atoms with Gasteiger partial charge in [0.1, 0.15) is 22.3 Å². The van der Waals surface area contributed by atoms with Crippen molar-refractivity contribution in [3.63, 3.8) is 0 Å². The maximum absolute atomic E-state index is 6.69. The normalized spacial score (nSPS) is 11.8. The van der Waals surface area contributed by atoms with Crippen LogP contribution in [0.2, 0.25) is 0 Å². The summed E-state index contributed by atoms with van der Waals surface area (Å²) in [4.78, 5) is 30.5. The van der Waals surface area contributed by atoms with Gasteiger partial charge in [-0.25, -0.2) is 29.9 Å². The van der Waals surface area contributed by atoms with Gasteiger partial charge < -0.3 is 8.83 Å². The van der Waals surface area contributed by atoms with Crippen LogP contribution in [0.1, 0.15) is 0 Å². The number of fused-ring (bicyclic) bond motifs is 12. The number of nitrogens with zero attached hydrogens (tertiary/aromatic N) is 6. The van der Waals surface area contributed by atoms with Crippen LogP contribution in [-0.4, -0.2) is 29.9 Å². The molecule has 6 heterocycles. The fourth-order valence-electron chi connectivity index (χ4n) is 14.2. The second kappa shape index (κ2) is 23.5. The van der Waals surface area contributed by atoms with E-state index in [-0.39, 0.29) is 0 Å². The van der Waals surface area contributed by atoms with Gasteiger partial charge in [-0.2, -0.15) is 0 Å².